The molecule has 0 saturated carbocycles. The van der Waals surface area contributed by atoms with Gasteiger partial charge in [-0.3, -0.25) is 0 Å². The summed E-state index contributed by atoms with van der Waals surface area (Å²) in [5.74, 6) is -0.0477. The molecular weight excluding hydrogens is 355 g/mol. The molecule has 0 aliphatic rings. The first-order chi connectivity index (χ1) is 8.09. The van der Waals surface area contributed by atoms with Crippen molar-refractivity contribution in [3.05, 3.63) is 28.2 Å². The Hall–Kier alpha value is -0.250. The highest BCUT2D eigenvalue weighted by Crippen LogP contribution is 2.35. The summed E-state index contributed by atoms with van der Waals surface area (Å²) in [5.41, 5.74) is -0.759. The second-order valence-corrected chi connectivity index (χ2v) is 7.08. The van der Waals surface area contributed by atoms with Gasteiger partial charge < -0.3 is 0 Å². The largest absolute Gasteiger partial charge is 0.416 e. The molecule has 0 amide bonds. The average Bonchev–Trinajstić information content (AvgIpc) is 2.17. The van der Waals surface area contributed by atoms with Crippen molar-refractivity contribution in [3.8, 4) is 0 Å². The molecule has 0 heterocycles. The summed E-state index contributed by atoms with van der Waals surface area (Å²) in [4.78, 5) is 0.534. The standard InChI is InChI=1S/C9H9BrF3NO2S2/c10-7-5-6(9(11,12)13)1-2-8(7)17-3-4-18(14,15)16/h1-2,5H,3-4H2,(H2,14,15,16). The maximum atomic E-state index is 12.4. The Morgan fingerprint density at radius 2 is 1.94 bits per heavy atom. The molecule has 0 saturated heterocycles. The van der Waals surface area contributed by atoms with E-state index in [4.69, 9.17) is 5.14 Å². The average molecular weight is 364 g/mol. The third-order valence-electron chi connectivity index (χ3n) is 1.88. The second kappa shape index (κ2) is 5.81. The number of hydrogen-bond donors (Lipinski definition) is 1. The Kier molecular flexibility index (Phi) is 5.10. The lowest BCUT2D eigenvalue weighted by Gasteiger charge is -2.09. The molecule has 1 rings (SSSR count). The Morgan fingerprint density at radius 1 is 1.33 bits per heavy atom. The molecule has 9 heteroatoms. The van der Waals surface area contributed by atoms with Gasteiger partial charge in [0.15, 0.2) is 0 Å². The minimum atomic E-state index is -4.40. The Bertz CT molecular complexity index is 531. The van der Waals surface area contributed by atoms with Crippen LogP contribution in [0.1, 0.15) is 5.56 Å². The van der Waals surface area contributed by atoms with Crippen molar-refractivity contribution in [2.24, 2.45) is 5.14 Å². The van der Waals surface area contributed by atoms with E-state index in [1.54, 1.807) is 0 Å². The predicted octanol–water partition coefficient (Wildman–Crippen LogP) is 2.85. The van der Waals surface area contributed by atoms with Gasteiger partial charge in [0.05, 0.1) is 11.3 Å². The zero-order valence-electron chi connectivity index (χ0n) is 8.87. The van der Waals surface area contributed by atoms with Crippen LogP contribution in [-0.4, -0.2) is 19.9 Å². The first-order valence-corrected chi connectivity index (χ1v) is 8.09. The smallest absolute Gasteiger partial charge is 0.229 e. The molecule has 0 aliphatic heterocycles. The molecule has 0 radical (unpaired) electrons. The first kappa shape index (κ1) is 15.8. The van der Waals surface area contributed by atoms with Gasteiger partial charge in [-0.1, -0.05) is 0 Å². The van der Waals surface area contributed by atoms with Crippen LogP contribution in [0.2, 0.25) is 0 Å². The summed E-state index contributed by atoms with van der Waals surface area (Å²) >= 11 is 4.14. The minimum absolute atomic E-state index is 0.183. The van der Waals surface area contributed by atoms with Crippen LogP contribution in [-0.2, 0) is 16.2 Å². The van der Waals surface area contributed by atoms with E-state index in [1.807, 2.05) is 0 Å². The lowest BCUT2D eigenvalue weighted by molar-refractivity contribution is -0.137. The topological polar surface area (TPSA) is 60.2 Å². The van der Waals surface area contributed by atoms with E-state index in [2.05, 4.69) is 15.9 Å². The van der Waals surface area contributed by atoms with Gasteiger partial charge in [0.25, 0.3) is 0 Å². The summed E-state index contributed by atoms with van der Waals surface area (Å²) in [7, 11) is -3.55. The van der Waals surface area contributed by atoms with Gasteiger partial charge in [0.2, 0.25) is 10.0 Å². The monoisotopic (exact) mass is 363 g/mol. The molecule has 0 atom stereocenters. The molecule has 0 aromatic heterocycles. The molecule has 1 aromatic rings. The van der Waals surface area contributed by atoms with Crippen molar-refractivity contribution >= 4 is 37.7 Å². The van der Waals surface area contributed by atoms with Crippen molar-refractivity contribution in [1.29, 1.82) is 0 Å². The van der Waals surface area contributed by atoms with Gasteiger partial charge in [-0.25, -0.2) is 13.6 Å². The van der Waals surface area contributed by atoms with E-state index in [0.717, 1.165) is 23.9 Å². The summed E-state index contributed by atoms with van der Waals surface area (Å²) in [6.07, 6.45) is -4.40. The van der Waals surface area contributed by atoms with Crippen LogP contribution in [0.3, 0.4) is 0 Å². The quantitative estimate of drug-likeness (QED) is 0.836. The van der Waals surface area contributed by atoms with Gasteiger partial charge in [-0.15, -0.1) is 11.8 Å². The molecule has 1 aromatic carbocycles. The maximum Gasteiger partial charge on any atom is 0.416 e. The van der Waals surface area contributed by atoms with E-state index < -0.39 is 21.8 Å². The molecule has 102 valence electrons. The van der Waals surface area contributed by atoms with Crippen molar-refractivity contribution in [2.45, 2.75) is 11.1 Å². The zero-order valence-corrected chi connectivity index (χ0v) is 12.1. The number of thioether (sulfide) groups is 1. The first-order valence-electron chi connectivity index (χ1n) is 4.59. The number of benzene rings is 1. The number of sulfonamides is 1. The van der Waals surface area contributed by atoms with E-state index in [9.17, 15) is 21.6 Å². The molecule has 0 spiro atoms. The Labute approximate surface area is 115 Å². The summed E-state index contributed by atoms with van der Waals surface area (Å²) in [6, 6.07) is 3.20. The van der Waals surface area contributed by atoms with Gasteiger partial charge >= 0.3 is 6.18 Å². The third kappa shape index (κ3) is 5.17. The maximum absolute atomic E-state index is 12.4. The highest BCUT2D eigenvalue weighted by Gasteiger charge is 2.30. The van der Waals surface area contributed by atoms with Crippen molar-refractivity contribution in [3.63, 3.8) is 0 Å². The highest BCUT2D eigenvalue weighted by molar-refractivity contribution is 9.10. The molecule has 18 heavy (non-hydrogen) atoms. The van der Waals surface area contributed by atoms with Gasteiger partial charge in [-0.05, 0) is 34.1 Å². The van der Waals surface area contributed by atoms with Crippen LogP contribution >= 0.6 is 27.7 Å². The van der Waals surface area contributed by atoms with Crippen LogP contribution in [0.15, 0.2) is 27.6 Å². The summed E-state index contributed by atoms with van der Waals surface area (Å²) < 4.78 is 58.8. The number of rotatable bonds is 4. The zero-order chi connectivity index (χ0) is 14.0. The summed E-state index contributed by atoms with van der Waals surface area (Å²) in [6.45, 7) is 0. The number of hydrogen-bond acceptors (Lipinski definition) is 3. The van der Waals surface area contributed by atoms with E-state index >= 15 is 0 Å². The van der Waals surface area contributed by atoms with Crippen LogP contribution in [0.4, 0.5) is 13.2 Å². The fraction of sp³-hybridized carbons (Fsp3) is 0.333. The van der Waals surface area contributed by atoms with Crippen molar-refractivity contribution in [1.82, 2.24) is 0 Å². The molecule has 3 nitrogen and oxygen atoms in total. The number of alkyl halides is 3. The second-order valence-electron chi connectivity index (χ2n) is 3.36. The molecule has 0 aliphatic carbocycles. The minimum Gasteiger partial charge on any atom is -0.229 e. The van der Waals surface area contributed by atoms with E-state index in [0.29, 0.717) is 4.90 Å². The Balaban J connectivity index is 2.75. The lowest BCUT2D eigenvalue weighted by atomic mass is 10.2. The van der Waals surface area contributed by atoms with Crippen LogP contribution in [0.25, 0.3) is 0 Å². The van der Waals surface area contributed by atoms with Gasteiger partial charge in [-0.2, -0.15) is 13.2 Å². The predicted molar refractivity (Wildman–Crippen MR) is 67.8 cm³/mol. The number of halogens is 4. The summed E-state index contributed by atoms with van der Waals surface area (Å²) in [5, 5.41) is 4.82. The normalized spacial score (nSPS) is 12.7. The van der Waals surface area contributed by atoms with Gasteiger partial charge in [0, 0.05) is 15.1 Å². The van der Waals surface area contributed by atoms with Crippen LogP contribution < -0.4 is 5.14 Å². The molecule has 2 N–H and O–H groups in total. The fourth-order valence-corrected chi connectivity index (χ4v) is 3.63. The third-order valence-corrected chi connectivity index (χ3v) is 4.91. The number of primary sulfonamides is 1. The van der Waals surface area contributed by atoms with E-state index in [-0.39, 0.29) is 16.0 Å². The fourth-order valence-electron chi connectivity index (χ4n) is 1.06. The molecular formula is C9H9BrF3NO2S2. The van der Waals surface area contributed by atoms with Gasteiger partial charge in [0.1, 0.15) is 0 Å². The lowest BCUT2D eigenvalue weighted by Crippen LogP contribution is -2.17. The van der Waals surface area contributed by atoms with E-state index in [1.165, 1.54) is 6.07 Å². The molecule has 0 bridgehead atoms. The Morgan fingerprint density at radius 3 is 2.39 bits per heavy atom. The van der Waals surface area contributed by atoms with Crippen molar-refractivity contribution < 1.29 is 21.6 Å². The van der Waals surface area contributed by atoms with Crippen molar-refractivity contribution in [2.75, 3.05) is 11.5 Å². The SMILES string of the molecule is NS(=O)(=O)CCSc1ccc(C(F)(F)F)cc1Br. The van der Waals surface area contributed by atoms with Crippen LogP contribution in [0, 0.1) is 0 Å². The van der Waals surface area contributed by atoms with Crippen LogP contribution in [0.5, 0.6) is 0 Å². The highest BCUT2D eigenvalue weighted by atomic mass is 79.9. The molecule has 0 unspecified atom stereocenters. The number of nitrogens with two attached hydrogens (primary N) is 1. The molecule has 0 fully saturated rings.